The zero-order valence-corrected chi connectivity index (χ0v) is 19.5. The third-order valence-electron chi connectivity index (χ3n) is 5.85. The summed E-state index contributed by atoms with van der Waals surface area (Å²) in [6, 6.07) is 16.7. The van der Waals surface area contributed by atoms with E-state index in [4.69, 9.17) is 9.47 Å². The van der Waals surface area contributed by atoms with Gasteiger partial charge in [0.1, 0.15) is 5.75 Å². The summed E-state index contributed by atoms with van der Waals surface area (Å²) in [6.45, 7) is 6.45. The van der Waals surface area contributed by atoms with E-state index in [1.54, 1.807) is 13.2 Å². The van der Waals surface area contributed by atoms with Gasteiger partial charge in [0.05, 0.1) is 19.8 Å². The highest BCUT2D eigenvalue weighted by Gasteiger charge is 2.17. The Morgan fingerprint density at radius 3 is 2.67 bits per heavy atom. The summed E-state index contributed by atoms with van der Waals surface area (Å²) >= 11 is 0. The van der Waals surface area contributed by atoms with E-state index >= 15 is 0 Å². The molecule has 1 saturated heterocycles. The monoisotopic (exact) mass is 447 g/mol. The Morgan fingerprint density at radius 2 is 1.94 bits per heavy atom. The lowest BCUT2D eigenvalue weighted by Crippen LogP contribution is -2.36. The highest BCUT2D eigenvalue weighted by molar-refractivity contribution is 5.79. The zero-order valence-electron chi connectivity index (χ0n) is 19.5. The van der Waals surface area contributed by atoms with Crippen molar-refractivity contribution in [1.82, 2.24) is 20.4 Å². The quantitative estimate of drug-likeness (QED) is 0.388. The molecule has 174 valence electrons. The van der Waals surface area contributed by atoms with Gasteiger partial charge in [-0.25, -0.2) is 0 Å². The molecule has 7 nitrogen and oxygen atoms in total. The maximum atomic E-state index is 6.17. The Balaban J connectivity index is 1.34. The van der Waals surface area contributed by atoms with Crippen LogP contribution in [0.4, 0.5) is 0 Å². The van der Waals surface area contributed by atoms with Crippen molar-refractivity contribution < 1.29 is 9.47 Å². The summed E-state index contributed by atoms with van der Waals surface area (Å²) in [5.41, 5.74) is 4.75. The smallest absolute Gasteiger partial charge is 0.191 e. The maximum absolute atomic E-state index is 6.17. The molecule has 2 N–H and O–H groups in total. The highest BCUT2D eigenvalue weighted by Crippen LogP contribution is 2.22. The molecule has 0 aliphatic carbocycles. The molecule has 0 bridgehead atoms. The average molecular weight is 448 g/mol. The second-order valence-electron chi connectivity index (χ2n) is 8.40. The molecular formula is C26H33N5O2. The summed E-state index contributed by atoms with van der Waals surface area (Å²) < 4.78 is 13.6. The second kappa shape index (κ2) is 11.5. The van der Waals surface area contributed by atoms with Crippen LogP contribution in [0.25, 0.3) is 0 Å². The number of nitrogens with zero attached hydrogens (tertiary/aromatic N) is 3. The van der Waals surface area contributed by atoms with Crippen molar-refractivity contribution in [2.45, 2.75) is 33.0 Å². The largest absolute Gasteiger partial charge is 0.493 e. The van der Waals surface area contributed by atoms with Gasteiger partial charge >= 0.3 is 0 Å². The van der Waals surface area contributed by atoms with Crippen molar-refractivity contribution in [2.24, 2.45) is 10.9 Å². The number of hydrogen-bond acceptors (Lipinski definition) is 4. The van der Waals surface area contributed by atoms with Crippen LogP contribution < -0.4 is 15.4 Å². The fourth-order valence-corrected chi connectivity index (χ4v) is 3.90. The van der Waals surface area contributed by atoms with Crippen molar-refractivity contribution in [1.29, 1.82) is 0 Å². The zero-order chi connectivity index (χ0) is 22.9. The van der Waals surface area contributed by atoms with Gasteiger partial charge in [0.2, 0.25) is 0 Å². The average Bonchev–Trinajstić information content (AvgIpc) is 3.54. The summed E-state index contributed by atoms with van der Waals surface area (Å²) in [6.07, 6.45) is 4.85. The summed E-state index contributed by atoms with van der Waals surface area (Å²) in [5.74, 6) is 2.15. The van der Waals surface area contributed by atoms with Crippen LogP contribution in [-0.2, 0) is 24.4 Å². The number of rotatable bonds is 9. The number of hydrogen-bond donors (Lipinski definition) is 2. The number of ether oxygens (including phenoxy) is 2. The molecule has 4 rings (SSSR count). The van der Waals surface area contributed by atoms with Crippen LogP contribution in [0.15, 0.2) is 65.9 Å². The van der Waals surface area contributed by atoms with Crippen LogP contribution in [0, 0.1) is 12.8 Å². The summed E-state index contributed by atoms with van der Waals surface area (Å²) in [5, 5.41) is 11.2. The van der Waals surface area contributed by atoms with Gasteiger partial charge in [0, 0.05) is 50.6 Å². The lowest BCUT2D eigenvalue weighted by molar-refractivity contribution is 0.166. The Morgan fingerprint density at radius 1 is 1.12 bits per heavy atom. The van der Waals surface area contributed by atoms with E-state index in [1.165, 1.54) is 16.7 Å². The van der Waals surface area contributed by atoms with E-state index in [0.29, 0.717) is 25.6 Å². The molecule has 2 aromatic carbocycles. The molecule has 0 amide bonds. The third kappa shape index (κ3) is 6.58. The molecule has 3 aromatic rings. The Labute approximate surface area is 195 Å². The van der Waals surface area contributed by atoms with Crippen LogP contribution in [0.5, 0.6) is 5.75 Å². The van der Waals surface area contributed by atoms with Gasteiger partial charge in [-0.3, -0.25) is 9.67 Å². The van der Waals surface area contributed by atoms with Crippen molar-refractivity contribution in [2.75, 3.05) is 26.9 Å². The number of aromatic nitrogens is 2. The third-order valence-corrected chi connectivity index (χ3v) is 5.85. The number of aryl methyl sites for hydroxylation is 1. The Bertz CT molecular complexity index is 1040. The second-order valence-corrected chi connectivity index (χ2v) is 8.40. The van der Waals surface area contributed by atoms with Gasteiger partial charge in [-0.2, -0.15) is 5.10 Å². The minimum atomic E-state index is 0.475. The van der Waals surface area contributed by atoms with Gasteiger partial charge in [0.25, 0.3) is 0 Å². The first-order valence-corrected chi connectivity index (χ1v) is 11.5. The van der Waals surface area contributed by atoms with Crippen LogP contribution in [0.2, 0.25) is 0 Å². The molecule has 1 unspecified atom stereocenters. The lowest BCUT2D eigenvalue weighted by atomic mass is 10.1. The lowest BCUT2D eigenvalue weighted by Gasteiger charge is -2.17. The van der Waals surface area contributed by atoms with E-state index < -0.39 is 0 Å². The SMILES string of the molecule is CN=C(NCc1ccccc1Cn1cccn1)NCc1ccc(C)cc1OCC1CCOC1. The van der Waals surface area contributed by atoms with Crippen molar-refractivity contribution in [3.8, 4) is 5.75 Å². The summed E-state index contributed by atoms with van der Waals surface area (Å²) in [4.78, 5) is 4.40. The number of aliphatic imine (C=N–C) groups is 1. The van der Waals surface area contributed by atoms with E-state index in [1.807, 2.05) is 16.9 Å². The summed E-state index contributed by atoms with van der Waals surface area (Å²) in [7, 11) is 1.79. The Hall–Kier alpha value is -3.32. The van der Waals surface area contributed by atoms with E-state index in [2.05, 4.69) is 70.1 Å². The minimum absolute atomic E-state index is 0.475. The fourth-order valence-electron chi connectivity index (χ4n) is 3.90. The normalized spacial score (nSPS) is 16.1. The van der Waals surface area contributed by atoms with Crippen LogP contribution in [0.1, 0.15) is 28.7 Å². The molecule has 0 saturated carbocycles. The van der Waals surface area contributed by atoms with Crippen LogP contribution in [-0.4, -0.2) is 42.6 Å². The number of benzene rings is 2. The molecule has 33 heavy (non-hydrogen) atoms. The van der Waals surface area contributed by atoms with Crippen molar-refractivity contribution >= 4 is 5.96 Å². The molecule has 1 aliphatic rings. The van der Waals surface area contributed by atoms with Gasteiger partial charge in [0.15, 0.2) is 5.96 Å². The first-order valence-electron chi connectivity index (χ1n) is 11.5. The predicted octanol–water partition coefficient (Wildman–Crippen LogP) is 3.52. The van der Waals surface area contributed by atoms with E-state index in [0.717, 1.165) is 43.5 Å². The molecule has 0 spiro atoms. The first kappa shape index (κ1) is 22.9. The van der Waals surface area contributed by atoms with Gasteiger partial charge in [-0.05, 0) is 42.2 Å². The molecular weight excluding hydrogens is 414 g/mol. The highest BCUT2D eigenvalue weighted by atomic mass is 16.5. The number of nitrogens with one attached hydrogen (secondary N) is 2. The minimum Gasteiger partial charge on any atom is -0.493 e. The molecule has 1 atom stereocenters. The van der Waals surface area contributed by atoms with Gasteiger partial charge in [-0.15, -0.1) is 0 Å². The molecule has 1 aliphatic heterocycles. The van der Waals surface area contributed by atoms with E-state index in [9.17, 15) is 0 Å². The van der Waals surface area contributed by atoms with Crippen molar-refractivity contribution in [3.05, 3.63) is 83.2 Å². The molecule has 1 fully saturated rings. The molecule has 7 heteroatoms. The standard InChI is InChI=1S/C26H33N5O2/c1-20-8-9-23(25(14-20)33-19-21-10-13-32-18-21)16-29-26(27-2)28-15-22-6-3-4-7-24(22)17-31-12-5-11-30-31/h3-9,11-12,14,21H,10,13,15-19H2,1-2H3,(H2,27,28,29). The Kier molecular flexibility index (Phi) is 7.98. The molecule has 1 aromatic heterocycles. The topological polar surface area (TPSA) is 72.7 Å². The van der Waals surface area contributed by atoms with Gasteiger partial charge < -0.3 is 20.1 Å². The first-order chi connectivity index (χ1) is 16.2. The molecule has 2 heterocycles. The van der Waals surface area contributed by atoms with Gasteiger partial charge in [-0.1, -0.05) is 36.4 Å². The van der Waals surface area contributed by atoms with Crippen LogP contribution in [0.3, 0.4) is 0 Å². The van der Waals surface area contributed by atoms with Crippen LogP contribution >= 0.6 is 0 Å². The van der Waals surface area contributed by atoms with Crippen molar-refractivity contribution in [3.63, 3.8) is 0 Å². The fraction of sp³-hybridized carbons (Fsp3) is 0.385. The van der Waals surface area contributed by atoms with E-state index in [-0.39, 0.29) is 0 Å². The molecule has 0 radical (unpaired) electrons. The predicted molar refractivity (Wildman–Crippen MR) is 130 cm³/mol. The number of guanidine groups is 1. The maximum Gasteiger partial charge on any atom is 0.191 e.